The lowest BCUT2D eigenvalue weighted by Crippen LogP contribution is -2.15. The molecule has 1 aromatic carbocycles. The first-order valence-corrected chi connectivity index (χ1v) is 9.05. The number of hydrogen-bond acceptors (Lipinski definition) is 3. The maximum atomic E-state index is 11.5. The Hall–Kier alpha value is 0.0900. The first-order valence-electron chi connectivity index (χ1n) is 5.64. The second-order valence-corrected chi connectivity index (χ2v) is 8.67. The fraction of sp³-hybridized carbons (Fsp3) is 0.500. The number of aliphatic hydroxyl groups excluding tert-OH is 1. The minimum Gasteiger partial charge on any atom is -0.388 e. The molecule has 1 saturated heterocycles. The van der Waals surface area contributed by atoms with Crippen molar-refractivity contribution in [3.05, 3.63) is 32.2 Å². The highest BCUT2D eigenvalue weighted by Crippen LogP contribution is 2.37. The molecule has 0 aliphatic carbocycles. The number of hydrogen-bond donors (Lipinski definition) is 1. The van der Waals surface area contributed by atoms with Crippen molar-refractivity contribution in [1.29, 1.82) is 0 Å². The number of aliphatic hydroxyl groups is 1. The van der Waals surface area contributed by atoms with E-state index in [2.05, 4.69) is 31.9 Å². The van der Waals surface area contributed by atoms with Crippen molar-refractivity contribution in [2.75, 3.05) is 11.5 Å². The molecule has 1 N–H and O–H groups in total. The molecule has 2 atom stereocenters. The molecule has 1 aliphatic heterocycles. The molecule has 6 heteroatoms. The maximum absolute atomic E-state index is 11.5. The highest BCUT2D eigenvalue weighted by atomic mass is 79.9. The maximum Gasteiger partial charge on any atom is 0.150 e. The number of aryl methyl sites for hydroxylation is 1. The highest BCUT2D eigenvalue weighted by Gasteiger charge is 2.34. The van der Waals surface area contributed by atoms with Crippen LogP contribution in [0.1, 0.15) is 23.7 Å². The Morgan fingerprint density at radius 2 is 2.00 bits per heavy atom. The highest BCUT2D eigenvalue weighted by molar-refractivity contribution is 9.11. The molecule has 0 radical (unpaired) electrons. The number of benzene rings is 1. The minimum absolute atomic E-state index is 0.0755. The summed E-state index contributed by atoms with van der Waals surface area (Å²) < 4.78 is 24.6. The molecule has 2 rings (SSSR count). The van der Waals surface area contributed by atoms with Gasteiger partial charge in [0, 0.05) is 14.9 Å². The van der Waals surface area contributed by atoms with Crippen LogP contribution in [0.5, 0.6) is 0 Å². The number of rotatable bonds is 2. The van der Waals surface area contributed by atoms with Crippen molar-refractivity contribution < 1.29 is 13.5 Å². The zero-order valence-corrected chi connectivity index (χ0v) is 13.8. The second-order valence-electron chi connectivity index (χ2n) is 4.73. The lowest BCUT2D eigenvalue weighted by Gasteiger charge is -2.19. The van der Waals surface area contributed by atoms with E-state index in [1.165, 1.54) is 0 Å². The van der Waals surface area contributed by atoms with Crippen molar-refractivity contribution in [2.45, 2.75) is 19.4 Å². The molecule has 1 heterocycles. The molecule has 0 saturated carbocycles. The van der Waals surface area contributed by atoms with Gasteiger partial charge in [0.25, 0.3) is 0 Å². The van der Waals surface area contributed by atoms with Gasteiger partial charge in [-0.2, -0.15) is 0 Å². The van der Waals surface area contributed by atoms with E-state index in [4.69, 9.17) is 0 Å². The van der Waals surface area contributed by atoms with Crippen LogP contribution < -0.4 is 0 Å². The first kappa shape index (κ1) is 14.5. The zero-order chi connectivity index (χ0) is 13.5. The zero-order valence-electron chi connectivity index (χ0n) is 9.86. The van der Waals surface area contributed by atoms with Crippen LogP contribution in [0, 0.1) is 12.8 Å². The van der Waals surface area contributed by atoms with Crippen LogP contribution in [0.4, 0.5) is 0 Å². The summed E-state index contributed by atoms with van der Waals surface area (Å²) in [4.78, 5) is 0. The van der Waals surface area contributed by atoms with Gasteiger partial charge in [-0.15, -0.1) is 0 Å². The molecule has 0 amide bonds. The van der Waals surface area contributed by atoms with E-state index in [9.17, 15) is 13.5 Å². The summed E-state index contributed by atoms with van der Waals surface area (Å²) >= 11 is 6.86. The van der Waals surface area contributed by atoms with Gasteiger partial charge < -0.3 is 5.11 Å². The average molecular weight is 398 g/mol. The van der Waals surface area contributed by atoms with Crippen molar-refractivity contribution >= 4 is 41.7 Å². The van der Waals surface area contributed by atoms with Gasteiger partial charge in [0.15, 0.2) is 9.84 Å². The molecule has 0 aromatic heterocycles. The fourth-order valence-electron chi connectivity index (χ4n) is 2.22. The summed E-state index contributed by atoms with van der Waals surface area (Å²) in [5.41, 5.74) is 1.81. The Labute approximate surface area is 124 Å². The normalized spacial score (nSPS) is 24.1. The topological polar surface area (TPSA) is 54.4 Å². The Balaban J connectivity index is 2.30. The van der Waals surface area contributed by atoms with E-state index in [-0.39, 0.29) is 17.4 Å². The van der Waals surface area contributed by atoms with Crippen LogP contribution in [-0.4, -0.2) is 25.0 Å². The van der Waals surface area contributed by atoms with Gasteiger partial charge in [-0.25, -0.2) is 8.42 Å². The van der Waals surface area contributed by atoms with Gasteiger partial charge in [-0.1, -0.05) is 31.9 Å². The Morgan fingerprint density at radius 3 is 2.56 bits per heavy atom. The van der Waals surface area contributed by atoms with E-state index in [1.807, 2.05) is 19.1 Å². The molecule has 3 nitrogen and oxygen atoms in total. The first-order chi connectivity index (χ1) is 8.30. The van der Waals surface area contributed by atoms with Gasteiger partial charge in [0.05, 0.1) is 17.6 Å². The standard InChI is InChI=1S/C12H14Br2O3S/c1-7-4-11(14)9(5-10(7)13)12(15)8-2-3-18(16,17)6-8/h4-5,8,12,15H,2-3,6H2,1H3. The van der Waals surface area contributed by atoms with E-state index in [0.717, 1.165) is 20.1 Å². The quantitative estimate of drug-likeness (QED) is 0.834. The lowest BCUT2D eigenvalue weighted by molar-refractivity contribution is 0.120. The summed E-state index contributed by atoms with van der Waals surface area (Å²) in [5.74, 6) is 0.0479. The summed E-state index contributed by atoms with van der Waals surface area (Å²) in [6.45, 7) is 1.96. The van der Waals surface area contributed by atoms with E-state index in [1.54, 1.807) is 0 Å². The van der Waals surface area contributed by atoms with Crippen molar-refractivity contribution in [2.24, 2.45) is 5.92 Å². The fourth-order valence-corrected chi connectivity index (χ4v) is 5.10. The average Bonchev–Trinajstić information content (AvgIpc) is 2.63. The molecular formula is C12H14Br2O3S. The van der Waals surface area contributed by atoms with Crippen LogP contribution in [-0.2, 0) is 9.84 Å². The van der Waals surface area contributed by atoms with Gasteiger partial charge in [0.1, 0.15) is 0 Å². The van der Waals surface area contributed by atoms with Gasteiger partial charge in [0.2, 0.25) is 0 Å². The van der Waals surface area contributed by atoms with E-state index >= 15 is 0 Å². The monoisotopic (exact) mass is 396 g/mol. The molecule has 1 aromatic rings. The largest absolute Gasteiger partial charge is 0.388 e. The van der Waals surface area contributed by atoms with Crippen LogP contribution in [0.2, 0.25) is 0 Å². The third-order valence-corrected chi connectivity index (χ3v) is 6.65. The smallest absolute Gasteiger partial charge is 0.150 e. The third-order valence-electron chi connectivity index (χ3n) is 3.31. The van der Waals surface area contributed by atoms with Gasteiger partial charge in [-0.05, 0) is 36.6 Å². The lowest BCUT2D eigenvalue weighted by atomic mass is 9.95. The Bertz CT molecular complexity index is 569. The molecule has 1 fully saturated rings. The Morgan fingerprint density at radius 1 is 1.33 bits per heavy atom. The molecule has 2 unspecified atom stereocenters. The number of halogens is 2. The summed E-state index contributed by atoms with van der Waals surface area (Å²) in [6, 6.07) is 3.78. The molecule has 100 valence electrons. The third kappa shape index (κ3) is 2.98. The Kier molecular flexibility index (Phi) is 4.21. The summed E-state index contributed by atoms with van der Waals surface area (Å²) in [5, 5.41) is 10.3. The molecule has 1 aliphatic rings. The SMILES string of the molecule is Cc1cc(Br)c(C(O)C2CCS(=O)(=O)C2)cc1Br. The number of sulfone groups is 1. The second kappa shape index (κ2) is 5.23. The van der Waals surface area contributed by atoms with E-state index in [0.29, 0.717) is 6.42 Å². The molecular weight excluding hydrogens is 384 g/mol. The van der Waals surface area contributed by atoms with Crippen LogP contribution >= 0.6 is 31.9 Å². The van der Waals surface area contributed by atoms with Crippen LogP contribution in [0.15, 0.2) is 21.1 Å². The van der Waals surface area contributed by atoms with Crippen molar-refractivity contribution in [3.8, 4) is 0 Å². The van der Waals surface area contributed by atoms with E-state index < -0.39 is 15.9 Å². The summed E-state index contributed by atoms with van der Waals surface area (Å²) in [7, 11) is -2.97. The molecule has 0 spiro atoms. The minimum atomic E-state index is -2.97. The van der Waals surface area contributed by atoms with Crippen molar-refractivity contribution in [3.63, 3.8) is 0 Å². The van der Waals surface area contributed by atoms with Crippen molar-refractivity contribution in [1.82, 2.24) is 0 Å². The summed E-state index contributed by atoms with van der Waals surface area (Å²) in [6.07, 6.45) is -0.213. The molecule has 0 bridgehead atoms. The predicted molar refractivity (Wildman–Crippen MR) is 78.3 cm³/mol. The van der Waals surface area contributed by atoms with Crippen LogP contribution in [0.3, 0.4) is 0 Å². The van der Waals surface area contributed by atoms with Crippen LogP contribution in [0.25, 0.3) is 0 Å². The predicted octanol–water partition coefficient (Wildman–Crippen LogP) is 2.99. The van der Waals surface area contributed by atoms with Gasteiger partial charge in [-0.3, -0.25) is 0 Å². The van der Waals surface area contributed by atoms with Gasteiger partial charge >= 0.3 is 0 Å². The molecule has 18 heavy (non-hydrogen) atoms.